The highest BCUT2D eigenvalue weighted by atomic mass is 28.4. The first-order chi connectivity index (χ1) is 14.3. The zero-order valence-corrected chi connectivity index (χ0v) is 21.0. The maximum atomic E-state index is 12.7. The molecule has 8 heteroatoms. The fraction of sp³-hybridized carbons (Fsp3) is 0.696. The van der Waals surface area contributed by atoms with Crippen LogP contribution >= 0.6 is 0 Å². The van der Waals surface area contributed by atoms with E-state index in [1.807, 2.05) is 30.3 Å². The van der Waals surface area contributed by atoms with Crippen LogP contribution in [0, 0.1) is 5.41 Å². The minimum atomic E-state index is -2.11. The summed E-state index contributed by atoms with van der Waals surface area (Å²) in [5.74, 6) is -1.39. The van der Waals surface area contributed by atoms with Gasteiger partial charge >= 0.3 is 5.97 Å². The quantitative estimate of drug-likeness (QED) is 0.452. The van der Waals surface area contributed by atoms with E-state index in [0.717, 1.165) is 5.56 Å². The zero-order chi connectivity index (χ0) is 23.4. The number of esters is 1. The Kier molecular flexibility index (Phi) is 8.46. The molecule has 1 aromatic carbocycles. The second-order valence-electron chi connectivity index (χ2n) is 9.95. The van der Waals surface area contributed by atoms with Crippen LogP contribution in [0.15, 0.2) is 30.3 Å². The van der Waals surface area contributed by atoms with Crippen molar-refractivity contribution in [1.82, 2.24) is 0 Å². The van der Waals surface area contributed by atoms with Crippen LogP contribution in [-0.2, 0) is 34.8 Å². The van der Waals surface area contributed by atoms with Crippen molar-refractivity contribution in [3.63, 3.8) is 0 Å². The number of ether oxygens (including phenoxy) is 4. The summed E-state index contributed by atoms with van der Waals surface area (Å²) in [5.41, 5.74) is -0.0285. The molecule has 0 bridgehead atoms. The van der Waals surface area contributed by atoms with Crippen molar-refractivity contribution in [3.8, 4) is 0 Å². The molecule has 0 radical (unpaired) electrons. The molecule has 1 N–H and O–H groups in total. The Morgan fingerprint density at radius 2 is 1.81 bits per heavy atom. The topological polar surface area (TPSA) is 83.5 Å². The second kappa shape index (κ2) is 10.1. The van der Waals surface area contributed by atoms with Crippen molar-refractivity contribution < 1.29 is 33.3 Å². The van der Waals surface area contributed by atoms with E-state index in [1.165, 1.54) is 7.11 Å². The molecule has 7 nitrogen and oxygen atoms in total. The van der Waals surface area contributed by atoms with Crippen LogP contribution in [-0.4, -0.2) is 63.3 Å². The van der Waals surface area contributed by atoms with Crippen LogP contribution in [0.3, 0.4) is 0 Å². The number of hydrogen-bond acceptors (Lipinski definition) is 7. The van der Waals surface area contributed by atoms with Crippen LogP contribution in [0.2, 0.25) is 19.6 Å². The van der Waals surface area contributed by atoms with Gasteiger partial charge in [0, 0.05) is 0 Å². The molecule has 4 atom stereocenters. The maximum absolute atomic E-state index is 12.7. The van der Waals surface area contributed by atoms with E-state index >= 15 is 0 Å². The molecule has 0 amide bonds. The summed E-state index contributed by atoms with van der Waals surface area (Å²) in [6.07, 6.45) is -2.61. The first kappa shape index (κ1) is 26.0. The molecular weight excluding hydrogens is 416 g/mol. The predicted octanol–water partition coefficient (Wildman–Crippen LogP) is 3.50. The van der Waals surface area contributed by atoms with Crippen molar-refractivity contribution in [3.05, 3.63) is 35.9 Å². The number of benzene rings is 1. The Hall–Kier alpha value is -1.29. The average molecular weight is 455 g/mol. The lowest BCUT2D eigenvalue weighted by Gasteiger charge is -2.51. The van der Waals surface area contributed by atoms with Gasteiger partial charge in [-0.3, -0.25) is 4.79 Å². The van der Waals surface area contributed by atoms with Crippen molar-refractivity contribution in [1.29, 1.82) is 0 Å². The summed E-state index contributed by atoms with van der Waals surface area (Å²) >= 11 is 0. The van der Waals surface area contributed by atoms with Gasteiger partial charge in [-0.1, -0.05) is 30.3 Å². The SMILES string of the molecule is COC(=O)C(C)(C)[C@H](O[Si](C)(C)C)[C@H]1OC(C)(C)O[C@H](CO)[C@H]1OCc1ccccc1. The standard InChI is InChI=1S/C23H38O7Si/c1-22(2,21(25)26-5)20(30-31(6,7)8)19-18(17(14-24)28-23(3,4)29-19)27-15-16-12-10-9-11-13-16/h9-13,17-20,24H,14-15H2,1-8H3/t17-,18-,19+,20-/m1/s1. The normalized spacial score (nSPS) is 25.1. The molecule has 1 heterocycles. The van der Waals surface area contributed by atoms with Gasteiger partial charge in [-0.2, -0.15) is 0 Å². The Balaban J connectivity index is 2.45. The monoisotopic (exact) mass is 454 g/mol. The predicted molar refractivity (Wildman–Crippen MR) is 120 cm³/mol. The first-order valence-corrected chi connectivity index (χ1v) is 14.1. The molecule has 0 aromatic heterocycles. The minimum Gasteiger partial charge on any atom is -0.469 e. The van der Waals surface area contributed by atoms with Crippen molar-refractivity contribution in [2.24, 2.45) is 5.41 Å². The van der Waals surface area contributed by atoms with E-state index in [4.69, 9.17) is 23.4 Å². The van der Waals surface area contributed by atoms with E-state index in [1.54, 1.807) is 27.7 Å². The third-order valence-corrected chi connectivity index (χ3v) is 6.17. The van der Waals surface area contributed by atoms with E-state index in [2.05, 4.69) is 19.6 Å². The Morgan fingerprint density at radius 3 is 2.32 bits per heavy atom. The van der Waals surface area contributed by atoms with Gasteiger partial charge in [0.25, 0.3) is 0 Å². The number of carbonyl (C=O) groups excluding carboxylic acids is 1. The van der Waals surface area contributed by atoms with Gasteiger partial charge in [-0.25, -0.2) is 0 Å². The van der Waals surface area contributed by atoms with E-state index in [-0.39, 0.29) is 6.61 Å². The lowest BCUT2D eigenvalue weighted by atomic mass is 9.80. The smallest absolute Gasteiger partial charge is 0.313 e. The number of rotatable bonds is 9. The van der Waals surface area contributed by atoms with Crippen molar-refractivity contribution in [2.45, 2.75) is 84.1 Å². The molecule has 1 fully saturated rings. The highest BCUT2D eigenvalue weighted by Gasteiger charge is 2.54. The summed E-state index contributed by atoms with van der Waals surface area (Å²) in [4.78, 5) is 12.7. The van der Waals surface area contributed by atoms with E-state index in [9.17, 15) is 9.90 Å². The summed E-state index contributed by atoms with van der Waals surface area (Å²) in [6.45, 7) is 13.4. The third-order valence-electron chi connectivity index (χ3n) is 5.21. The number of methoxy groups -OCH3 is 1. The van der Waals surface area contributed by atoms with E-state index < -0.39 is 49.9 Å². The average Bonchev–Trinajstić information content (AvgIpc) is 2.69. The highest BCUT2D eigenvalue weighted by molar-refractivity contribution is 6.69. The summed E-state index contributed by atoms with van der Waals surface area (Å²) in [5, 5.41) is 10.1. The molecule has 1 saturated heterocycles. The number of carbonyl (C=O) groups is 1. The van der Waals surface area contributed by atoms with Gasteiger partial charge in [0.1, 0.15) is 18.3 Å². The lowest BCUT2D eigenvalue weighted by molar-refractivity contribution is -0.358. The maximum Gasteiger partial charge on any atom is 0.313 e. The zero-order valence-electron chi connectivity index (χ0n) is 20.0. The van der Waals surface area contributed by atoms with Gasteiger partial charge in [0.2, 0.25) is 0 Å². The molecule has 0 spiro atoms. The Labute approximate surface area is 187 Å². The largest absolute Gasteiger partial charge is 0.469 e. The fourth-order valence-electron chi connectivity index (χ4n) is 3.79. The summed E-state index contributed by atoms with van der Waals surface area (Å²) in [6, 6.07) is 9.75. The molecule has 0 unspecified atom stereocenters. The molecule has 1 aliphatic heterocycles. The van der Waals surface area contributed by atoms with Crippen molar-refractivity contribution >= 4 is 14.3 Å². The van der Waals surface area contributed by atoms with Gasteiger partial charge in [0.05, 0.1) is 31.8 Å². The molecule has 0 saturated carbocycles. The second-order valence-corrected chi connectivity index (χ2v) is 14.4. The van der Waals surface area contributed by atoms with Gasteiger partial charge < -0.3 is 28.5 Å². The van der Waals surface area contributed by atoms with Crippen LogP contribution < -0.4 is 0 Å². The van der Waals surface area contributed by atoms with Gasteiger partial charge in [0.15, 0.2) is 14.1 Å². The molecule has 1 aromatic rings. The molecule has 31 heavy (non-hydrogen) atoms. The molecule has 0 aliphatic carbocycles. The summed E-state index contributed by atoms with van der Waals surface area (Å²) in [7, 11) is -0.749. The highest BCUT2D eigenvalue weighted by Crippen LogP contribution is 2.39. The number of hydrogen-bond donors (Lipinski definition) is 1. The van der Waals surface area contributed by atoms with Crippen molar-refractivity contribution in [2.75, 3.05) is 13.7 Å². The summed E-state index contributed by atoms with van der Waals surface area (Å²) < 4.78 is 30.2. The molecule has 176 valence electrons. The molecule has 1 aliphatic rings. The van der Waals surface area contributed by atoms with Gasteiger partial charge in [-0.05, 0) is 52.9 Å². The minimum absolute atomic E-state index is 0.249. The Bertz CT molecular complexity index is 714. The molecule has 2 rings (SSSR count). The number of aliphatic hydroxyl groups excluding tert-OH is 1. The van der Waals surface area contributed by atoms with Crippen LogP contribution in [0.5, 0.6) is 0 Å². The van der Waals surface area contributed by atoms with Gasteiger partial charge in [-0.15, -0.1) is 0 Å². The van der Waals surface area contributed by atoms with Crippen LogP contribution in [0.4, 0.5) is 0 Å². The number of aliphatic hydroxyl groups is 1. The molecular formula is C23H38O7Si. The Morgan fingerprint density at radius 1 is 1.19 bits per heavy atom. The fourth-order valence-corrected chi connectivity index (χ4v) is 4.99. The lowest BCUT2D eigenvalue weighted by Crippen LogP contribution is -2.64. The van der Waals surface area contributed by atoms with Crippen LogP contribution in [0.25, 0.3) is 0 Å². The van der Waals surface area contributed by atoms with E-state index in [0.29, 0.717) is 6.61 Å². The first-order valence-electron chi connectivity index (χ1n) is 10.7. The van der Waals surface area contributed by atoms with Crippen LogP contribution in [0.1, 0.15) is 33.3 Å². The third kappa shape index (κ3) is 6.84.